The Hall–Kier alpha value is -0.890. The monoisotopic (exact) mass is 220 g/mol. The lowest BCUT2D eigenvalue weighted by molar-refractivity contribution is 0.435. The van der Waals surface area contributed by atoms with Crippen LogP contribution in [0.5, 0.6) is 0 Å². The molecule has 0 aliphatic carbocycles. The summed E-state index contributed by atoms with van der Waals surface area (Å²) in [6, 6.07) is 2.24. The molecule has 1 rings (SSSR count). The molecule has 0 fully saturated rings. The van der Waals surface area contributed by atoms with Gasteiger partial charge in [-0.3, -0.25) is 4.98 Å². The zero-order valence-electron chi connectivity index (χ0n) is 11.0. The molecule has 2 N–H and O–H groups in total. The third-order valence-electron chi connectivity index (χ3n) is 3.04. The van der Waals surface area contributed by atoms with Crippen molar-refractivity contribution in [2.45, 2.75) is 53.0 Å². The molecule has 0 saturated heterocycles. The Morgan fingerprint density at radius 1 is 1.38 bits per heavy atom. The maximum absolute atomic E-state index is 6.21. The van der Waals surface area contributed by atoms with Crippen LogP contribution < -0.4 is 5.73 Å². The molecule has 2 unspecified atom stereocenters. The van der Waals surface area contributed by atoms with Gasteiger partial charge >= 0.3 is 0 Å². The van der Waals surface area contributed by atoms with Crippen molar-refractivity contribution in [3.05, 3.63) is 29.1 Å². The lowest BCUT2D eigenvalue weighted by atomic mass is 9.94. The van der Waals surface area contributed by atoms with E-state index in [0.717, 1.165) is 12.1 Å². The van der Waals surface area contributed by atoms with E-state index in [4.69, 9.17) is 5.73 Å². The van der Waals surface area contributed by atoms with E-state index in [1.807, 2.05) is 6.20 Å². The number of nitrogens with two attached hydrogens (primary N) is 1. The minimum atomic E-state index is 0.0853. The molecule has 1 aromatic heterocycles. The van der Waals surface area contributed by atoms with Gasteiger partial charge in [0.1, 0.15) is 0 Å². The van der Waals surface area contributed by atoms with Gasteiger partial charge in [0, 0.05) is 12.2 Å². The summed E-state index contributed by atoms with van der Waals surface area (Å²) in [5.41, 5.74) is 9.70. The summed E-state index contributed by atoms with van der Waals surface area (Å²) < 4.78 is 0. The normalized spacial score (nSPS) is 14.8. The fourth-order valence-corrected chi connectivity index (χ4v) is 2.27. The molecule has 2 nitrogen and oxygen atoms in total. The average Bonchev–Trinajstić information content (AvgIpc) is 2.17. The number of hydrogen-bond donors (Lipinski definition) is 1. The van der Waals surface area contributed by atoms with Gasteiger partial charge in [0.25, 0.3) is 0 Å². The van der Waals surface area contributed by atoms with Gasteiger partial charge in [-0.15, -0.1) is 0 Å². The van der Waals surface area contributed by atoms with E-state index in [-0.39, 0.29) is 6.04 Å². The maximum atomic E-state index is 6.21. The molecule has 0 amide bonds. The van der Waals surface area contributed by atoms with Crippen LogP contribution in [-0.4, -0.2) is 4.98 Å². The number of hydrogen-bond acceptors (Lipinski definition) is 2. The van der Waals surface area contributed by atoms with E-state index in [0.29, 0.717) is 5.92 Å². The van der Waals surface area contributed by atoms with Crippen molar-refractivity contribution in [2.75, 3.05) is 0 Å². The molecule has 90 valence electrons. The van der Waals surface area contributed by atoms with E-state index < -0.39 is 0 Å². The van der Waals surface area contributed by atoms with Crippen molar-refractivity contribution in [1.82, 2.24) is 4.98 Å². The van der Waals surface area contributed by atoms with Crippen molar-refractivity contribution in [2.24, 2.45) is 11.7 Å². The van der Waals surface area contributed by atoms with Gasteiger partial charge < -0.3 is 5.73 Å². The minimum absolute atomic E-state index is 0.0853. The second kappa shape index (κ2) is 6.00. The molecule has 0 radical (unpaired) electrons. The van der Waals surface area contributed by atoms with Crippen LogP contribution in [-0.2, 0) is 0 Å². The highest BCUT2D eigenvalue weighted by atomic mass is 14.8. The summed E-state index contributed by atoms with van der Waals surface area (Å²) in [6.07, 6.45) is 5.42. The number of aromatic nitrogens is 1. The highest BCUT2D eigenvalue weighted by Gasteiger charge is 2.13. The first-order valence-electron chi connectivity index (χ1n) is 6.23. The van der Waals surface area contributed by atoms with E-state index in [2.05, 4.69) is 38.7 Å². The van der Waals surface area contributed by atoms with E-state index >= 15 is 0 Å². The first-order chi connectivity index (χ1) is 7.54. The van der Waals surface area contributed by atoms with Crippen LogP contribution in [0.1, 0.15) is 56.0 Å². The van der Waals surface area contributed by atoms with Gasteiger partial charge in [-0.2, -0.15) is 0 Å². The third-order valence-corrected chi connectivity index (χ3v) is 3.04. The second-order valence-corrected chi connectivity index (χ2v) is 4.95. The van der Waals surface area contributed by atoms with Gasteiger partial charge in [0.05, 0.1) is 5.69 Å². The molecule has 0 spiro atoms. The summed E-state index contributed by atoms with van der Waals surface area (Å²) >= 11 is 0. The molecule has 0 aliphatic heterocycles. The van der Waals surface area contributed by atoms with Crippen LogP contribution in [0.4, 0.5) is 0 Å². The topological polar surface area (TPSA) is 38.9 Å². The number of aryl methyl sites for hydroxylation is 2. The van der Waals surface area contributed by atoms with Crippen LogP contribution in [0.15, 0.2) is 12.3 Å². The van der Waals surface area contributed by atoms with Gasteiger partial charge in [-0.1, -0.05) is 32.8 Å². The fourth-order valence-electron chi connectivity index (χ4n) is 2.27. The van der Waals surface area contributed by atoms with Crippen molar-refractivity contribution >= 4 is 0 Å². The number of pyridine rings is 1. The smallest absolute Gasteiger partial charge is 0.0600 e. The molecule has 0 saturated carbocycles. The molecule has 0 aromatic carbocycles. The van der Waals surface area contributed by atoms with Crippen molar-refractivity contribution in [3.63, 3.8) is 0 Å². The predicted molar refractivity (Wildman–Crippen MR) is 69.3 cm³/mol. The Bertz CT molecular complexity index is 334. The van der Waals surface area contributed by atoms with Gasteiger partial charge in [0.15, 0.2) is 0 Å². The molecule has 16 heavy (non-hydrogen) atoms. The van der Waals surface area contributed by atoms with Gasteiger partial charge in [-0.25, -0.2) is 0 Å². The van der Waals surface area contributed by atoms with E-state index in [9.17, 15) is 0 Å². The van der Waals surface area contributed by atoms with Crippen LogP contribution in [0.25, 0.3) is 0 Å². The summed E-state index contributed by atoms with van der Waals surface area (Å²) in [6.45, 7) is 8.65. The van der Waals surface area contributed by atoms with Crippen molar-refractivity contribution in [1.29, 1.82) is 0 Å². The fraction of sp³-hybridized carbons (Fsp3) is 0.643. The van der Waals surface area contributed by atoms with Gasteiger partial charge in [-0.05, 0) is 37.3 Å². The van der Waals surface area contributed by atoms with Gasteiger partial charge in [0.2, 0.25) is 0 Å². The molecular weight excluding hydrogens is 196 g/mol. The summed E-state index contributed by atoms with van der Waals surface area (Å²) in [4.78, 5) is 4.47. The highest BCUT2D eigenvalue weighted by molar-refractivity contribution is 5.25. The number of rotatable bonds is 5. The first-order valence-corrected chi connectivity index (χ1v) is 6.23. The predicted octanol–water partition coefficient (Wildman–Crippen LogP) is 3.52. The van der Waals surface area contributed by atoms with Crippen LogP contribution >= 0.6 is 0 Å². The quantitative estimate of drug-likeness (QED) is 0.824. The molecule has 2 heteroatoms. The maximum Gasteiger partial charge on any atom is 0.0600 e. The lowest BCUT2D eigenvalue weighted by Gasteiger charge is -2.18. The Balaban J connectivity index is 2.69. The highest BCUT2D eigenvalue weighted by Crippen LogP contribution is 2.22. The standard InChI is InChI=1S/C14H24N2/c1-5-6-10(2)8-13(15)14-12(4)7-11(3)9-16-14/h7,9-10,13H,5-6,8,15H2,1-4H3. The van der Waals surface area contributed by atoms with Crippen LogP contribution in [0.3, 0.4) is 0 Å². The Morgan fingerprint density at radius 2 is 2.06 bits per heavy atom. The molecule has 1 heterocycles. The van der Waals surface area contributed by atoms with E-state index in [1.54, 1.807) is 0 Å². The average molecular weight is 220 g/mol. The molecule has 1 aromatic rings. The second-order valence-electron chi connectivity index (χ2n) is 4.95. The number of nitrogens with zero attached hydrogens (tertiary/aromatic N) is 1. The largest absolute Gasteiger partial charge is 0.323 e. The molecule has 0 bridgehead atoms. The van der Waals surface area contributed by atoms with Crippen LogP contribution in [0, 0.1) is 19.8 Å². The minimum Gasteiger partial charge on any atom is -0.323 e. The van der Waals surface area contributed by atoms with E-state index in [1.165, 1.54) is 24.0 Å². The molecule has 2 atom stereocenters. The summed E-state index contributed by atoms with van der Waals surface area (Å²) in [7, 11) is 0. The Labute approximate surface area is 99.3 Å². The Kier molecular flexibility index (Phi) is 4.94. The summed E-state index contributed by atoms with van der Waals surface area (Å²) in [5.74, 6) is 0.683. The third kappa shape index (κ3) is 3.60. The molecular formula is C14H24N2. The Morgan fingerprint density at radius 3 is 2.62 bits per heavy atom. The SMILES string of the molecule is CCCC(C)CC(N)c1ncc(C)cc1C. The van der Waals surface area contributed by atoms with Crippen molar-refractivity contribution < 1.29 is 0 Å². The lowest BCUT2D eigenvalue weighted by Crippen LogP contribution is -2.17. The first kappa shape index (κ1) is 13.2. The van der Waals surface area contributed by atoms with Crippen molar-refractivity contribution in [3.8, 4) is 0 Å². The zero-order chi connectivity index (χ0) is 12.1. The zero-order valence-corrected chi connectivity index (χ0v) is 11.0. The summed E-state index contributed by atoms with van der Waals surface area (Å²) in [5, 5.41) is 0. The van der Waals surface area contributed by atoms with Crippen LogP contribution in [0.2, 0.25) is 0 Å². The molecule has 0 aliphatic rings.